The highest BCUT2D eigenvalue weighted by atomic mass is 19.1. The molecule has 0 radical (unpaired) electrons. The van der Waals surface area contributed by atoms with Crippen LogP contribution in [0, 0.1) is 5.82 Å². The van der Waals surface area contributed by atoms with Gasteiger partial charge in [0.05, 0.1) is 17.2 Å². The summed E-state index contributed by atoms with van der Waals surface area (Å²) in [5.41, 5.74) is 2.68. The first-order valence-electron chi connectivity index (χ1n) is 6.54. The Hall–Kier alpha value is -2.37. The molecule has 0 aliphatic heterocycles. The van der Waals surface area contributed by atoms with Gasteiger partial charge in [-0.25, -0.2) is 9.37 Å². The molecule has 0 unspecified atom stereocenters. The van der Waals surface area contributed by atoms with E-state index >= 15 is 0 Å². The van der Waals surface area contributed by atoms with Gasteiger partial charge in [0.1, 0.15) is 5.82 Å². The fourth-order valence-corrected chi connectivity index (χ4v) is 2.30. The molecule has 3 aromatic rings. The van der Waals surface area contributed by atoms with E-state index in [9.17, 15) is 4.39 Å². The van der Waals surface area contributed by atoms with E-state index in [0.29, 0.717) is 12.1 Å². The third-order valence-corrected chi connectivity index (χ3v) is 3.24. The van der Waals surface area contributed by atoms with Crippen molar-refractivity contribution in [2.24, 2.45) is 7.05 Å². The van der Waals surface area contributed by atoms with Gasteiger partial charge in [-0.3, -0.25) is 4.68 Å². The van der Waals surface area contributed by atoms with Gasteiger partial charge in [-0.1, -0.05) is 0 Å². The fraction of sp³-hybridized carbons (Fsp3) is 0.286. The summed E-state index contributed by atoms with van der Waals surface area (Å²) in [5, 5.41) is 7.40. The highest BCUT2D eigenvalue weighted by Crippen LogP contribution is 2.21. The second kappa shape index (κ2) is 4.96. The van der Waals surface area contributed by atoms with Crippen LogP contribution in [0.1, 0.15) is 12.5 Å². The highest BCUT2D eigenvalue weighted by Gasteiger charge is 2.10. The summed E-state index contributed by atoms with van der Waals surface area (Å²) in [6.45, 7) is 3.46. The third-order valence-electron chi connectivity index (χ3n) is 3.24. The van der Waals surface area contributed by atoms with Crippen molar-refractivity contribution in [3.63, 3.8) is 0 Å². The lowest BCUT2D eigenvalue weighted by molar-refractivity contribution is 0.629. The van der Waals surface area contributed by atoms with Crippen molar-refractivity contribution in [1.29, 1.82) is 0 Å². The van der Waals surface area contributed by atoms with E-state index in [-0.39, 0.29) is 5.82 Å². The highest BCUT2D eigenvalue weighted by molar-refractivity contribution is 5.78. The number of benzene rings is 1. The number of nitrogens with zero attached hydrogens (tertiary/aromatic N) is 4. The Bertz CT molecular complexity index is 743. The molecule has 0 spiro atoms. The monoisotopic (exact) mass is 273 g/mol. The van der Waals surface area contributed by atoms with Crippen molar-refractivity contribution in [2.45, 2.75) is 20.0 Å². The van der Waals surface area contributed by atoms with Crippen LogP contribution in [0.15, 0.2) is 30.6 Å². The molecule has 5 nitrogen and oxygen atoms in total. The number of rotatable bonds is 4. The predicted octanol–water partition coefficient (Wildman–Crippen LogP) is 2.54. The largest absolute Gasteiger partial charge is 0.351 e. The molecule has 104 valence electrons. The lowest BCUT2D eigenvalue weighted by Crippen LogP contribution is -2.06. The molecule has 3 rings (SSSR count). The molecule has 1 aromatic carbocycles. The van der Waals surface area contributed by atoms with Gasteiger partial charge in [0.2, 0.25) is 5.95 Å². The van der Waals surface area contributed by atoms with Crippen molar-refractivity contribution in [3.8, 4) is 0 Å². The molecule has 2 heterocycles. The minimum atomic E-state index is -0.267. The molecular weight excluding hydrogens is 257 g/mol. The molecule has 2 aromatic heterocycles. The lowest BCUT2D eigenvalue weighted by Gasteiger charge is -2.07. The Balaban J connectivity index is 1.90. The summed E-state index contributed by atoms with van der Waals surface area (Å²) in [5.74, 6) is 0.481. The van der Waals surface area contributed by atoms with E-state index in [1.165, 1.54) is 12.1 Å². The van der Waals surface area contributed by atoms with Crippen LogP contribution in [0.25, 0.3) is 11.0 Å². The predicted molar refractivity (Wildman–Crippen MR) is 75.9 cm³/mol. The summed E-state index contributed by atoms with van der Waals surface area (Å²) >= 11 is 0. The summed E-state index contributed by atoms with van der Waals surface area (Å²) in [4.78, 5) is 4.45. The van der Waals surface area contributed by atoms with Crippen molar-refractivity contribution in [1.82, 2.24) is 19.3 Å². The minimum Gasteiger partial charge on any atom is -0.351 e. The Morgan fingerprint density at radius 1 is 1.35 bits per heavy atom. The summed E-state index contributed by atoms with van der Waals surface area (Å²) in [7, 11) is 1.88. The van der Waals surface area contributed by atoms with E-state index < -0.39 is 0 Å². The van der Waals surface area contributed by atoms with Crippen LogP contribution in [-0.2, 0) is 20.1 Å². The standard InChI is InChI=1S/C14H16FN5/c1-3-20-13-5-4-11(15)6-12(13)18-14(20)16-7-10-8-17-19(2)9-10/h4-6,8-9H,3,7H2,1-2H3,(H,16,18). The van der Waals surface area contributed by atoms with Gasteiger partial charge in [-0.2, -0.15) is 5.10 Å². The number of anilines is 1. The molecule has 0 aliphatic rings. The van der Waals surface area contributed by atoms with E-state index in [1.54, 1.807) is 10.7 Å². The Morgan fingerprint density at radius 2 is 2.20 bits per heavy atom. The minimum absolute atomic E-state index is 0.267. The van der Waals surface area contributed by atoms with Crippen LogP contribution >= 0.6 is 0 Å². The SMILES string of the molecule is CCn1c(NCc2cnn(C)c2)nc2cc(F)ccc21. The molecule has 0 aliphatic carbocycles. The van der Waals surface area contributed by atoms with E-state index in [4.69, 9.17) is 0 Å². The molecular formula is C14H16FN5. The Labute approximate surface area is 116 Å². The Morgan fingerprint density at radius 3 is 2.90 bits per heavy atom. The molecule has 0 saturated carbocycles. The molecule has 0 bridgehead atoms. The Kier molecular flexibility index (Phi) is 3.14. The molecule has 1 N–H and O–H groups in total. The van der Waals surface area contributed by atoms with Gasteiger partial charge in [0.15, 0.2) is 0 Å². The number of nitrogens with one attached hydrogen (secondary N) is 1. The normalized spacial score (nSPS) is 11.2. The summed E-state index contributed by atoms with van der Waals surface area (Å²) in [6, 6.07) is 4.67. The zero-order chi connectivity index (χ0) is 14.1. The smallest absolute Gasteiger partial charge is 0.204 e. The average molecular weight is 273 g/mol. The van der Waals surface area contributed by atoms with Crippen LogP contribution in [0.2, 0.25) is 0 Å². The number of imidazole rings is 1. The fourth-order valence-electron chi connectivity index (χ4n) is 2.30. The maximum absolute atomic E-state index is 13.3. The van der Waals surface area contributed by atoms with Gasteiger partial charge >= 0.3 is 0 Å². The molecule has 0 fully saturated rings. The van der Waals surface area contributed by atoms with E-state index in [2.05, 4.69) is 15.4 Å². The molecule has 0 amide bonds. The van der Waals surface area contributed by atoms with Crippen molar-refractivity contribution < 1.29 is 4.39 Å². The average Bonchev–Trinajstić information content (AvgIpc) is 2.98. The molecule has 6 heteroatoms. The summed E-state index contributed by atoms with van der Waals surface area (Å²) in [6.07, 6.45) is 3.76. The maximum Gasteiger partial charge on any atom is 0.204 e. The maximum atomic E-state index is 13.3. The zero-order valence-corrected chi connectivity index (χ0v) is 11.5. The van der Waals surface area contributed by atoms with Crippen LogP contribution in [0.4, 0.5) is 10.3 Å². The lowest BCUT2D eigenvalue weighted by atomic mass is 10.3. The number of halogens is 1. The van der Waals surface area contributed by atoms with Crippen LogP contribution in [0.3, 0.4) is 0 Å². The number of aryl methyl sites for hydroxylation is 2. The topological polar surface area (TPSA) is 47.7 Å². The van der Waals surface area contributed by atoms with Crippen molar-refractivity contribution in [3.05, 3.63) is 42.0 Å². The number of fused-ring (bicyclic) bond motifs is 1. The van der Waals surface area contributed by atoms with Crippen LogP contribution < -0.4 is 5.32 Å². The van der Waals surface area contributed by atoms with Crippen molar-refractivity contribution >= 4 is 17.0 Å². The molecule has 20 heavy (non-hydrogen) atoms. The molecule has 0 atom stereocenters. The van der Waals surface area contributed by atoms with Gasteiger partial charge in [0, 0.05) is 38.0 Å². The van der Waals surface area contributed by atoms with Crippen LogP contribution in [-0.4, -0.2) is 19.3 Å². The first kappa shape index (κ1) is 12.7. The molecule has 0 saturated heterocycles. The summed E-state index contributed by atoms with van der Waals surface area (Å²) < 4.78 is 17.0. The van der Waals surface area contributed by atoms with Gasteiger partial charge < -0.3 is 9.88 Å². The number of hydrogen-bond donors (Lipinski definition) is 1. The first-order chi connectivity index (χ1) is 9.67. The number of aromatic nitrogens is 4. The second-order valence-electron chi connectivity index (χ2n) is 4.69. The van der Waals surface area contributed by atoms with E-state index in [0.717, 1.165) is 23.6 Å². The third kappa shape index (κ3) is 2.24. The second-order valence-corrected chi connectivity index (χ2v) is 4.69. The van der Waals surface area contributed by atoms with Gasteiger partial charge in [0.25, 0.3) is 0 Å². The van der Waals surface area contributed by atoms with Gasteiger partial charge in [-0.05, 0) is 19.1 Å². The van der Waals surface area contributed by atoms with Crippen molar-refractivity contribution in [2.75, 3.05) is 5.32 Å². The zero-order valence-electron chi connectivity index (χ0n) is 11.5. The number of hydrogen-bond acceptors (Lipinski definition) is 3. The van der Waals surface area contributed by atoms with E-state index in [1.807, 2.05) is 30.9 Å². The van der Waals surface area contributed by atoms with Gasteiger partial charge in [-0.15, -0.1) is 0 Å². The quantitative estimate of drug-likeness (QED) is 0.794. The van der Waals surface area contributed by atoms with Crippen LogP contribution in [0.5, 0.6) is 0 Å². The first-order valence-corrected chi connectivity index (χ1v) is 6.54.